The second-order valence-electron chi connectivity index (χ2n) is 3.36. The van der Waals surface area contributed by atoms with Crippen molar-refractivity contribution in [2.24, 2.45) is 0 Å². The summed E-state index contributed by atoms with van der Waals surface area (Å²) in [6.45, 7) is 1.98. The van der Waals surface area contributed by atoms with E-state index < -0.39 is 17.8 Å². The van der Waals surface area contributed by atoms with Gasteiger partial charge in [-0.15, -0.1) is 0 Å². The van der Waals surface area contributed by atoms with Crippen LogP contribution >= 0.6 is 0 Å². The molecule has 5 nitrogen and oxygen atoms in total. The lowest BCUT2D eigenvalue weighted by Crippen LogP contribution is -2.37. The molecule has 0 bridgehead atoms. The van der Waals surface area contributed by atoms with E-state index >= 15 is 0 Å². The van der Waals surface area contributed by atoms with Crippen molar-refractivity contribution < 1.29 is 19.0 Å². The first-order valence-electron chi connectivity index (χ1n) is 5.37. The smallest absolute Gasteiger partial charge is 0.252 e. The zero-order valence-corrected chi connectivity index (χ0v) is 9.85. The Labute approximate surface area is 104 Å². The fraction of sp³-hybridized carbons (Fsp3) is 0.333. The lowest BCUT2D eigenvalue weighted by molar-refractivity contribution is -0.292. The molecular weight excluding hydrogens is 239 g/mol. The summed E-state index contributed by atoms with van der Waals surface area (Å²) in [5.74, 6) is -1.05. The molecule has 1 atom stereocenters. The van der Waals surface area contributed by atoms with Gasteiger partial charge in [0.05, 0.1) is 12.7 Å². The molecule has 1 rings (SSSR count). The molecule has 1 amide bonds. The molecule has 0 heterocycles. The third kappa shape index (κ3) is 4.49. The fourth-order valence-electron chi connectivity index (χ4n) is 1.18. The van der Waals surface area contributed by atoms with Crippen LogP contribution in [0.1, 0.15) is 17.3 Å². The zero-order chi connectivity index (χ0) is 13.4. The van der Waals surface area contributed by atoms with E-state index in [0.29, 0.717) is 6.61 Å². The molecule has 0 aliphatic carbocycles. The lowest BCUT2D eigenvalue weighted by atomic mass is 10.2. The monoisotopic (exact) mass is 252 g/mol. The van der Waals surface area contributed by atoms with Crippen LogP contribution in [0.5, 0.6) is 0 Å². The molecule has 0 spiro atoms. The van der Waals surface area contributed by atoms with Gasteiger partial charge in [-0.3, -0.25) is 4.79 Å². The molecule has 18 heavy (non-hydrogen) atoms. The summed E-state index contributed by atoms with van der Waals surface area (Å²) in [5.41, 5.74) is 0.145. The van der Waals surface area contributed by atoms with E-state index in [0.717, 1.165) is 6.07 Å². The number of rotatable bonds is 6. The van der Waals surface area contributed by atoms with Crippen molar-refractivity contribution in [1.82, 2.24) is 5.32 Å². The summed E-state index contributed by atoms with van der Waals surface area (Å²) in [6.07, 6.45) is 0. The SMILES string of the molecule is CCOOCC(C#N)NC(=O)c1cccc(F)c1. The molecule has 0 saturated carbocycles. The van der Waals surface area contributed by atoms with Gasteiger partial charge in [0, 0.05) is 5.56 Å². The van der Waals surface area contributed by atoms with Gasteiger partial charge in [0.1, 0.15) is 18.5 Å². The average Bonchev–Trinajstić information content (AvgIpc) is 2.37. The molecule has 1 aromatic carbocycles. The molecule has 0 aromatic heterocycles. The third-order valence-electron chi connectivity index (χ3n) is 1.98. The molecular formula is C12H13FN2O3. The van der Waals surface area contributed by atoms with E-state index in [2.05, 4.69) is 15.1 Å². The van der Waals surface area contributed by atoms with E-state index in [1.54, 1.807) is 6.92 Å². The Morgan fingerprint density at radius 3 is 2.94 bits per heavy atom. The van der Waals surface area contributed by atoms with Crippen molar-refractivity contribution in [2.75, 3.05) is 13.2 Å². The molecule has 0 aliphatic heterocycles. The van der Waals surface area contributed by atoms with Crippen LogP contribution in [-0.2, 0) is 9.78 Å². The zero-order valence-electron chi connectivity index (χ0n) is 9.85. The number of hydrogen-bond donors (Lipinski definition) is 1. The third-order valence-corrected chi connectivity index (χ3v) is 1.98. The van der Waals surface area contributed by atoms with Crippen LogP contribution in [-0.4, -0.2) is 25.2 Å². The number of nitrogens with zero attached hydrogens (tertiary/aromatic N) is 1. The van der Waals surface area contributed by atoms with Crippen molar-refractivity contribution in [3.63, 3.8) is 0 Å². The van der Waals surface area contributed by atoms with E-state index in [9.17, 15) is 9.18 Å². The second-order valence-corrected chi connectivity index (χ2v) is 3.36. The van der Waals surface area contributed by atoms with E-state index in [1.807, 2.05) is 6.07 Å². The van der Waals surface area contributed by atoms with Gasteiger partial charge in [-0.1, -0.05) is 6.07 Å². The molecule has 6 heteroatoms. The summed E-state index contributed by atoms with van der Waals surface area (Å²) in [6, 6.07) is 6.19. The molecule has 0 aliphatic rings. The number of carbonyl (C=O) groups excluding carboxylic acids is 1. The van der Waals surface area contributed by atoms with Crippen LogP contribution < -0.4 is 5.32 Å². The highest BCUT2D eigenvalue weighted by Gasteiger charge is 2.14. The Bertz CT molecular complexity index is 445. The topological polar surface area (TPSA) is 71.3 Å². The number of carbonyl (C=O) groups is 1. The Hall–Kier alpha value is -1.97. The number of amides is 1. The minimum atomic E-state index is -0.854. The van der Waals surface area contributed by atoms with Crippen LogP contribution in [0.2, 0.25) is 0 Å². The second kappa shape index (κ2) is 7.37. The highest BCUT2D eigenvalue weighted by molar-refractivity contribution is 5.94. The maximum Gasteiger partial charge on any atom is 0.252 e. The van der Waals surface area contributed by atoms with Crippen LogP contribution in [0, 0.1) is 17.1 Å². The maximum absolute atomic E-state index is 12.9. The number of hydrogen-bond acceptors (Lipinski definition) is 4. The van der Waals surface area contributed by atoms with Crippen molar-refractivity contribution in [2.45, 2.75) is 13.0 Å². The van der Waals surface area contributed by atoms with Gasteiger partial charge in [0.15, 0.2) is 0 Å². The molecule has 96 valence electrons. The highest BCUT2D eigenvalue weighted by Crippen LogP contribution is 2.03. The number of halogens is 1. The van der Waals surface area contributed by atoms with Crippen LogP contribution in [0.25, 0.3) is 0 Å². The summed E-state index contributed by atoms with van der Waals surface area (Å²) in [7, 11) is 0. The maximum atomic E-state index is 12.9. The van der Waals surface area contributed by atoms with Crippen LogP contribution in [0.15, 0.2) is 24.3 Å². The molecule has 1 N–H and O–H groups in total. The van der Waals surface area contributed by atoms with Crippen LogP contribution in [0.3, 0.4) is 0 Å². The molecule has 0 radical (unpaired) electrons. The first kappa shape index (κ1) is 14.1. The number of nitrogens with one attached hydrogen (secondary N) is 1. The van der Waals surface area contributed by atoms with Gasteiger partial charge in [0.25, 0.3) is 5.91 Å². The summed E-state index contributed by atoms with van der Waals surface area (Å²) in [4.78, 5) is 21.0. The minimum absolute atomic E-state index is 0.0919. The van der Waals surface area contributed by atoms with E-state index in [-0.39, 0.29) is 12.2 Å². The Morgan fingerprint density at radius 1 is 1.56 bits per heavy atom. The molecule has 1 aromatic rings. The van der Waals surface area contributed by atoms with Gasteiger partial charge in [-0.25, -0.2) is 14.2 Å². The number of nitriles is 1. The Balaban J connectivity index is 2.54. The Kier molecular flexibility index (Phi) is 5.77. The van der Waals surface area contributed by atoms with Gasteiger partial charge in [0.2, 0.25) is 0 Å². The van der Waals surface area contributed by atoms with Gasteiger partial charge < -0.3 is 5.32 Å². The lowest BCUT2D eigenvalue weighted by Gasteiger charge is -2.11. The van der Waals surface area contributed by atoms with Gasteiger partial charge in [-0.2, -0.15) is 5.26 Å². The average molecular weight is 252 g/mol. The molecule has 0 saturated heterocycles. The van der Waals surface area contributed by atoms with E-state index in [4.69, 9.17) is 5.26 Å². The summed E-state index contributed by atoms with van der Waals surface area (Å²) >= 11 is 0. The van der Waals surface area contributed by atoms with Crippen molar-refractivity contribution >= 4 is 5.91 Å². The Morgan fingerprint density at radius 2 is 2.33 bits per heavy atom. The molecule has 1 unspecified atom stereocenters. The van der Waals surface area contributed by atoms with Gasteiger partial charge in [-0.05, 0) is 25.1 Å². The summed E-state index contributed by atoms with van der Waals surface area (Å²) < 4.78 is 12.9. The molecule has 0 fully saturated rings. The van der Waals surface area contributed by atoms with Gasteiger partial charge >= 0.3 is 0 Å². The predicted octanol–water partition coefficient (Wildman–Crippen LogP) is 1.42. The number of benzene rings is 1. The minimum Gasteiger partial charge on any atom is -0.334 e. The first-order valence-corrected chi connectivity index (χ1v) is 5.37. The van der Waals surface area contributed by atoms with Crippen molar-refractivity contribution in [3.8, 4) is 6.07 Å². The standard InChI is InChI=1S/C12H13FN2O3/c1-2-17-18-8-11(7-14)15-12(16)9-4-3-5-10(13)6-9/h3-6,11H,2,8H2,1H3,(H,15,16). The highest BCUT2D eigenvalue weighted by atomic mass is 19.1. The van der Waals surface area contributed by atoms with Crippen molar-refractivity contribution in [1.29, 1.82) is 5.26 Å². The predicted molar refractivity (Wildman–Crippen MR) is 60.8 cm³/mol. The van der Waals surface area contributed by atoms with Crippen molar-refractivity contribution in [3.05, 3.63) is 35.6 Å². The van der Waals surface area contributed by atoms with E-state index in [1.165, 1.54) is 18.2 Å². The summed E-state index contributed by atoms with van der Waals surface area (Å²) in [5, 5.41) is 11.2. The normalized spacial score (nSPS) is 11.6. The largest absolute Gasteiger partial charge is 0.334 e. The quantitative estimate of drug-likeness (QED) is 0.472. The van der Waals surface area contributed by atoms with Crippen LogP contribution in [0.4, 0.5) is 4.39 Å². The fourth-order valence-corrected chi connectivity index (χ4v) is 1.18. The first-order chi connectivity index (χ1) is 8.67.